The number of rotatable bonds is 10. The molecule has 0 unspecified atom stereocenters. The summed E-state index contributed by atoms with van der Waals surface area (Å²) in [5.41, 5.74) is 3.58. The second-order valence-electron chi connectivity index (χ2n) is 11.2. The van der Waals surface area contributed by atoms with E-state index in [9.17, 15) is 9.59 Å². The van der Waals surface area contributed by atoms with Crippen LogP contribution in [0.5, 0.6) is 0 Å². The van der Waals surface area contributed by atoms with Crippen LogP contribution in [0.4, 0.5) is 0 Å². The molecule has 4 nitrogen and oxygen atoms in total. The summed E-state index contributed by atoms with van der Waals surface area (Å²) < 4.78 is 0. The minimum atomic E-state index is -0.697. The molecule has 4 aromatic carbocycles. The van der Waals surface area contributed by atoms with E-state index in [1.165, 1.54) is 0 Å². The Hall–Kier alpha value is -3.89. The van der Waals surface area contributed by atoms with Crippen molar-refractivity contribution in [3.8, 4) is 0 Å². The Bertz CT molecular complexity index is 1330. The van der Waals surface area contributed by atoms with Gasteiger partial charge in [0.05, 0.1) is 0 Å². The van der Waals surface area contributed by atoms with Crippen LogP contribution in [-0.2, 0) is 22.6 Å². The van der Waals surface area contributed by atoms with Gasteiger partial charge in [0.15, 0.2) is 0 Å². The summed E-state index contributed by atoms with van der Waals surface area (Å²) >= 11 is 6.16. The van der Waals surface area contributed by atoms with Gasteiger partial charge in [-0.25, -0.2) is 0 Å². The molecule has 2 amide bonds. The van der Waals surface area contributed by atoms with Gasteiger partial charge in [-0.1, -0.05) is 115 Å². The van der Waals surface area contributed by atoms with Crippen LogP contribution in [0, 0.1) is 0 Å². The van der Waals surface area contributed by atoms with Crippen LogP contribution in [0.25, 0.3) is 0 Å². The summed E-state index contributed by atoms with van der Waals surface area (Å²) in [6.07, 6.45) is 0.638. The summed E-state index contributed by atoms with van der Waals surface area (Å²) in [5.74, 6) is -0.405. The molecule has 0 aliphatic heterocycles. The maximum Gasteiger partial charge on any atom is 0.243 e. The maximum atomic E-state index is 14.4. The molecule has 0 radical (unpaired) electrons. The smallest absolute Gasteiger partial charge is 0.243 e. The van der Waals surface area contributed by atoms with Crippen LogP contribution in [0.3, 0.4) is 0 Å². The van der Waals surface area contributed by atoms with Gasteiger partial charge >= 0.3 is 0 Å². The highest BCUT2D eigenvalue weighted by Crippen LogP contribution is 2.30. The van der Waals surface area contributed by atoms with E-state index in [1.54, 1.807) is 4.90 Å². The summed E-state index contributed by atoms with van der Waals surface area (Å²) in [7, 11) is 0. The number of benzene rings is 4. The van der Waals surface area contributed by atoms with Crippen LogP contribution in [-0.4, -0.2) is 28.3 Å². The molecule has 5 heteroatoms. The van der Waals surface area contributed by atoms with Crippen molar-refractivity contribution in [3.63, 3.8) is 0 Å². The second-order valence-corrected chi connectivity index (χ2v) is 11.6. The van der Waals surface area contributed by atoms with Crippen molar-refractivity contribution < 1.29 is 9.59 Å². The van der Waals surface area contributed by atoms with E-state index in [4.69, 9.17) is 11.6 Å². The average molecular weight is 553 g/mol. The molecule has 0 heterocycles. The van der Waals surface area contributed by atoms with E-state index in [-0.39, 0.29) is 24.2 Å². The van der Waals surface area contributed by atoms with Crippen molar-refractivity contribution in [1.29, 1.82) is 0 Å². The summed E-state index contributed by atoms with van der Waals surface area (Å²) in [5, 5.41) is 3.76. The first kappa shape index (κ1) is 29.1. The third-order valence-electron chi connectivity index (χ3n) is 6.82. The molecule has 40 heavy (non-hydrogen) atoms. The lowest BCUT2D eigenvalue weighted by molar-refractivity contribution is -0.142. The van der Waals surface area contributed by atoms with E-state index >= 15 is 0 Å². The number of carbonyl (C=O) groups excluding carboxylic acids is 2. The fourth-order valence-corrected chi connectivity index (χ4v) is 5.01. The topological polar surface area (TPSA) is 49.4 Å². The molecule has 0 aromatic heterocycles. The summed E-state index contributed by atoms with van der Waals surface area (Å²) in [6.45, 7) is 6.16. The van der Waals surface area contributed by atoms with Crippen LogP contribution < -0.4 is 5.32 Å². The van der Waals surface area contributed by atoms with Gasteiger partial charge in [-0.2, -0.15) is 0 Å². The first-order valence-electron chi connectivity index (χ1n) is 13.7. The van der Waals surface area contributed by atoms with Crippen molar-refractivity contribution in [2.45, 2.75) is 57.7 Å². The van der Waals surface area contributed by atoms with Crippen LogP contribution in [0.1, 0.15) is 55.4 Å². The standard InChI is InChI=1S/C35H37ClN2O2/c1-35(2,3)37-34(40)32(23-26-13-7-4-8-14-26)38(25-27-19-21-30(36)22-20-27)33(39)24-31(28-15-9-5-10-16-28)29-17-11-6-12-18-29/h4-22,31-32H,23-25H2,1-3H3,(H,37,40)/t32-/m1/s1. The average Bonchev–Trinajstić information content (AvgIpc) is 2.95. The van der Waals surface area contributed by atoms with Crippen LogP contribution >= 0.6 is 11.6 Å². The quantitative estimate of drug-likeness (QED) is 0.222. The number of hydrogen-bond acceptors (Lipinski definition) is 2. The molecular formula is C35H37ClN2O2. The maximum absolute atomic E-state index is 14.4. The number of nitrogens with one attached hydrogen (secondary N) is 1. The fraction of sp³-hybridized carbons (Fsp3) is 0.257. The minimum absolute atomic E-state index is 0.0855. The van der Waals surface area contributed by atoms with E-state index in [1.807, 2.05) is 112 Å². The van der Waals surface area contributed by atoms with Gasteiger partial charge in [0.2, 0.25) is 11.8 Å². The van der Waals surface area contributed by atoms with Crippen molar-refractivity contribution in [2.24, 2.45) is 0 Å². The predicted molar refractivity (Wildman–Crippen MR) is 163 cm³/mol. The first-order valence-corrected chi connectivity index (χ1v) is 14.1. The largest absolute Gasteiger partial charge is 0.350 e. The molecule has 0 aliphatic carbocycles. The van der Waals surface area contributed by atoms with Gasteiger partial charge < -0.3 is 10.2 Å². The van der Waals surface area contributed by atoms with Crippen molar-refractivity contribution in [1.82, 2.24) is 10.2 Å². The monoisotopic (exact) mass is 552 g/mol. The van der Waals surface area contributed by atoms with Crippen molar-refractivity contribution in [3.05, 3.63) is 143 Å². The van der Waals surface area contributed by atoms with E-state index in [0.717, 1.165) is 22.3 Å². The molecule has 1 N–H and O–H groups in total. The number of halogens is 1. The lowest BCUT2D eigenvalue weighted by Crippen LogP contribution is -2.54. The van der Waals surface area contributed by atoms with Crippen molar-refractivity contribution in [2.75, 3.05) is 0 Å². The van der Waals surface area contributed by atoms with Gasteiger partial charge in [0.25, 0.3) is 0 Å². The Morgan fingerprint density at radius 2 is 1.23 bits per heavy atom. The molecule has 0 aliphatic rings. The first-order chi connectivity index (χ1) is 19.2. The predicted octanol–water partition coefficient (Wildman–Crippen LogP) is 7.42. The van der Waals surface area contributed by atoms with Gasteiger partial charge in [-0.05, 0) is 55.2 Å². The van der Waals surface area contributed by atoms with Gasteiger partial charge in [0.1, 0.15) is 6.04 Å². The SMILES string of the molecule is CC(C)(C)NC(=O)[C@@H](Cc1ccccc1)N(Cc1ccc(Cl)cc1)C(=O)CC(c1ccccc1)c1ccccc1. The third kappa shape index (κ3) is 8.30. The molecule has 1 atom stereocenters. The van der Waals surface area contributed by atoms with Gasteiger partial charge in [-0.15, -0.1) is 0 Å². The molecular weight excluding hydrogens is 516 g/mol. The molecule has 4 aromatic rings. The third-order valence-corrected chi connectivity index (χ3v) is 7.07. The highest BCUT2D eigenvalue weighted by molar-refractivity contribution is 6.30. The Balaban J connectivity index is 1.74. The molecule has 0 spiro atoms. The molecule has 0 saturated heterocycles. The van der Waals surface area contributed by atoms with Gasteiger partial charge in [-0.3, -0.25) is 9.59 Å². The number of nitrogens with zero attached hydrogens (tertiary/aromatic N) is 1. The van der Waals surface area contributed by atoms with E-state index in [0.29, 0.717) is 18.0 Å². The highest BCUT2D eigenvalue weighted by Gasteiger charge is 2.33. The molecule has 0 fully saturated rings. The molecule has 206 valence electrons. The normalized spacial score (nSPS) is 12.1. The fourth-order valence-electron chi connectivity index (χ4n) is 4.88. The van der Waals surface area contributed by atoms with E-state index in [2.05, 4.69) is 29.6 Å². The summed E-state index contributed by atoms with van der Waals surface area (Å²) in [4.78, 5) is 30.0. The zero-order valence-corrected chi connectivity index (χ0v) is 24.1. The lowest BCUT2D eigenvalue weighted by Gasteiger charge is -2.35. The Morgan fingerprint density at radius 3 is 1.73 bits per heavy atom. The van der Waals surface area contributed by atoms with Gasteiger partial charge in [0, 0.05) is 35.9 Å². The molecule has 4 rings (SSSR count). The lowest BCUT2D eigenvalue weighted by atomic mass is 9.87. The summed E-state index contributed by atoms with van der Waals surface area (Å²) in [6, 6.07) is 36.8. The minimum Gasteiger partial charge on any atom is -0.350 e. The Morgan fingerprint density at radius 1 is 0.725 bits per heavy atom. The van der Waals surface area contributed by atoms with Crippen LogP contribution in [0.15, 0.2) is 115 Å². The second kappa shape index (κ2) is 13.5. The zero-order chi connectivity index (χ0) is 28.5. The number of carbonyl (C=O) groups is 2. The Labute approximate surface area is 243 Å². The number of hydrogen-bond donors (Lipinski definition) is 1. The molecule has 0 bridgehead atoms. The number of amides is 2. The van der Waals surface area contributed by atoms with Crippen molar-refractivity contribution >= 4 is 23.4 Å². The van der Waals surface area contributed by atoms with E-state index < -0.39 is 11.6 Å². The Kier molecular flexibility index (Phi) is 9.79. The van der Waals surface area contributed by atoms with Crippen LogP contribution in [0.2, 0.25) is 5.02 Å². The molecule has 0 saturated carbocycles. The zero-order valence-electron chi connectivity index (χ0n) is 23.4. The highest BCUT2D eigenvalue weighted by atomic mass is 35.5.